The first-order valence-corrected chi connectivity index (χ1v) is 30.3. The smallest absolute Gasteiger partial charge is 0.328 e. The van der Waals surface area contributed by atoms with Crippen molar-refractivity contribution in [3.05, 3.63) is 178 Å². The number of fused-ring (bicyclic) bond motifs is 13. The molecule has 3 amide bonds. The van der Waals surface area contributed by atoms with Crippen LogP contribution in [0.3, 0.4) is 0 Å². The third-order valence-electron chi connectivity index (χ3n) is 17.1. The minimum absolute atomic E-state index is 0. The van der Waals surface area contributed by atoms with E-state index in [0.717, 1.165) is 94.7 Å². The number of carbonyl (C=O) groups excluding carboxylic acids is 6. The second-order valence-corrected chi connectivity index (χ2v) is 23.0. The molecule has 0 unspecified atom stereocenters. The van der Waals surface area contributed by atoms with Crippen LogP contribution in [-0.4, -0.2) is 143 Å². The molecule has 6 aromatic carbocycles. The molecule has 1 saturated heterocycles. The van der Waals surface area contributed by atoms with Crippen molar-refractivity contribution in [2.45, 2.75) is 55.5 Å². The van der Waals surface area contributed by atoms with Crippen molar-refractivity contribution in [1.82, 2.24) is 35.0 Å². The minimum atomic E-state index is -0.789. The molecule has 480 valence electrons. The van der Waals surface area contributed by atoms with Crippen LogP contribution in [0.25, 0.3) is 32.7 Å². The minimum Gasteiger partial charge on any atom is -0.468 e. The van der Waals surface area contributed by atoms with Gasteiger partial charge in [-0.05, 0) is 99.6 Å². The molecule has 2 radical (unpaired) electrons. The summed E-state index contributed by atoms with van der Waals surface area (Å²) in [6.45, 7) is 0.664. The first-order valence-electron chi connectivity index (χ1n) is 28.8. The number of methoxy groups -OCH3 is 2. The molecule has 4 N–H and O–H groups in total. The Bertz CT molecular complexity index is 4360. The largest absolute Gasteiger partial charge is 0.468 e. The number of alkyl halides is 2. The summed E-state index contributed by atoms with van der Waals surface area (Å²) in [5.74, 6) is 2.57. The Hall–Kier alpha value is -7.51. The number of halogens is 4. The Morgan fingerprint density at radius 2 is 0.978 bits per heavy atom. The molecule has 27 heteroatoms. The number of nitrogens with zero attached hydrogens (tertiary/aromatic N) is 3. The number of hydrogen-bond acceptors (Lipinski definition) is 15. The molecule has 10 heterocycles. The normalized spacial score (nSPS) is 19.7. The maximum Gasteiger partial charge on any atom is 0.328 e. The topological polar surface area (TPSA) is 245 Å². The summed E-state index contributed by atoms with van der Waals surface area (Å²) in [7, 11) is 4.44. The summed E-state index contributed by atoms with van der Waals surface area (Å²) in [5.41, 5.74) is 11.8. The van der Waals surface area contributed by atoms with Crippen molar-refractivity contribution >= 4 is 126 Å². The number of H-pyrrole nitrogens is 3. The summed E-state index contributed by atoms with van der Waals surface area (Å²) in [4.78, 5) is 88.8. The molecule has 9 aromatic rings. The summed E-state index contributed by atoms with van der Waals surface area (Å²) >= 11 is 15.5. The molecule has 3 aromatic heterocycles. The van der Waals surface area contributed by atoms with Gasteiger partial charge in [-0.15, -0.1) is 47.2 Å². The summed E-state index contributed by atoms with van der Waals surface area (Å²) in [6.07, 6.45) is 1.44. The Morgan fingerprint density at radius 3 is 1.47 bits per heavy atom. The summed E-state index contributed by atoms with van der Waals surface area (Å²) < 4.78 is 42.9. The van der Waals surface area contributed by atoms with Crippen LogP contribution in [0.2, 0.25) is 0 Å². The molecule has 0 spiro atoms. The predicted octanol–water partition coefficient (Wildman–Crippen LogP) is 9.64. The number of benzene rings is 6. The molecule has 0 saturated carbocycles. The number of para-hydroxylation sites is 3. The number of nitrogens with one attached hydrogen (secondary N) is 4. The van der Waals surface area contributed by atoms with Gasteiger partial charge in [0.05, 0.1) is 44.8 Å². The molecule has 1 fully saturated rings. The van der Waals surface area contributed by atoms with Crippen LogP contribution in [0.5, 0.6) is 34.5 Å². The van der Waals surface area contributed by atoms with Gasteiger partial charge in [0, 0.05) is 113 Å². The van der Waals surface area contributed by atoms with Crippen molar-refractivity contribution in [2.24, 2.45) is 0 Å². The number of carbonyl (C=O) groups is 6. The number of esters is 2. The van der Waals surface area contributed by atoms with E-state index in [0.29, 0.717) is 42.3 Å². The van der Waals surface area contributed by atoms with Crippen molar-refractivity contribution in [3.63, 3.8) is 0 Å². The van der Waals surface area contributed by atoms with Gasteiger partial charge in [-0.25, -0.2) is 4.79 Å². The molecule has 0 bridgehead atoms. The van der Waals surface area contributed by atoms with Gasteiger partial charge in [-0.1, -0.05) is 72.8 Å². The van der Waals surface area contributed by atoms with E-state index in [4.69, 9.17) is 72.7 Å². The van der Waals surface area contributed by atoms with Crippen LogP contribution in [0, 0.1) is 0 Å². The summed E-state index contributed by atoms with van der Waals surface area (Å²) in [5, 5.41) is 6.18. The number of aromatic amines is 3. The average Bonchev–Trinajstić information content (AvgIpc) is 1.68. The Kier molecular flexibility index (Phi) is 21.3. The van der Waals surface area contributed by atoms with Crippen LogP contribution >= 0.6 is 58.8 Å². The second kappa shape index (κ2) is 29.0. The van der Waals surface area contributed by atoms with Crippen LogP contribution < -0.4 is 33.7 Å². The Labute approximate surface area is 588 Å². The fraction of sp³-hybridized carbons (Fsp3) is 0.273. The number of rotatable bonds is 7. The quantitative estimate of drug-likeness (QED) is 0.0502. The third-order valence-corrected chi connectivity index (χ3v) is 17.9. The number of piperazine rings is 1. The van der Waals surface area contributed by atoms with Gasteiger partial charge in [0.25, 0.3) is 0 Å². The van der Waals surface area contributed by atoms with E-state index < -0.39 is 35.4 Å². The predicted molar refractivity (Wildman–Crippen MR) is 347 cm³/mol. The van der Waals surface area contributed by atoms with Gasteiger partial charge in [0.1, 0.15) is 24.0 Å². The van der Waals surface area contributed by atoms with Gasteiger partial charge in [-0.3, -0.25) is 29.3 Å². The fourth-order valence-corrected chi connectivity index (χ4v) is 13.3. The van der Waals surface area contributed by atoms with E-state index in [2.05, 4.69) is 38.5 Å². The molecule has 0 aliphatic carbocycles. The first kappa shape index (κ1) is 68.4. The fourth-order valence-electron chi connectivity index (χ4n) is 13.1. The molecule has 7 aliphatic rings. The number of amides is 3. The van der Waals surface area contributed by atoms with E-state index in [1.165, 1.54) is 24.0 Å². The number of likely N-dealkylation sites (N-methyl/N-ethyl adjacent to an activating group) is 1. The zero-order valence-electron chi connectivity index (χ0n) is 49.9. The molecule has 93 heavy (non-hydrogen) atoms. The zero-order valence-corrected chi connectivity index (χ0v) is 57.3. The van der Waals surface area contributed by atoms with Gasteiger partial charge in [0.2, 0.25) is 43.3 Å². The standard InChI is InChI=1S/C22H19ClN2O5.C22H19N3O4.C20H18N2O4.C2H2Cl2O.HI.2V/c1-28-22(27)16-9-14-13-4-2-3-5-15(13)24-20(14)21(25(16)19(26)10-23)12-6-7-17-18(8-12)30-11-29-17;1-24-10-19(26)25-16(22(24)27)9-14-13-4-2-3-5-15(13)23-20(14)21(25)12-6-7-17-18(8-12)29-11-28-17;1-24-20(23)15-9-13-12-4-2-3-5-14(12)21-19(13)18(22-15)11-6-7-16-17(8-11)26-10-25-16;3-1-2(4)5;;;/h2-8,16,21,24H,9-11H2,1H3;2-8,16,21,23H,9-11H2,1H3;2-8,15,18,21-22H,9-10H2,1H3;1H2;1H;;/t2*16-,21-;15-,18-;;;;/m111..../s1. The van der Waals surface area contributed by atoms with Crippen LogP contribution in [0.4, 0.5) is 0 Å². The maximum absolute atomic E-state index is 13.1. The number of hydrogen-bond donors (Lipinski definition) is 4. The molecular formula is C66H59Cl3IN7O14V2. The van der Waals surface area contributed by atoms with E-state index in [9.17, 15) is 28.8 Å². The van der Waals surface area contributed by atoms with Crippen molar-refractivity contribution < 1.29 is 104 Å². The van der Waals surface area contributed by atoms with Gasteiger partial charge in [0.15, 0.2) is 34.5 Å². The van der Waals surface area contributed by atoms with Gasteiger partial charge >= 0.3 is 11.9 Å². The molecule has 16 rings (SSSR count). The molecular weight excluding hydrogens is 1450 g/mol. The maximum atomic E-state index is 13.1. The summed E-state index contributed by atoms with van der Waals surface area (Å²) in [6, 6.07) is 38.5. The molecule has 21 nitrogen and oxygen atoms in total. The molecule has 7 aliphatic heterocycles. The van der Waals surface area contributed by atoms with E-state index in [1.54, 1.807) is 11.9 Å². The Morgan fingerprint density at radius 1 is 0.548 bits per heavy atom. The van der Waals surface area contributed by atoms with Crippen molar-refractivity contribution in [3.8, 4) is 34.5 Å². The number of aromatic nitrogens is 3. The van der Waals surface area contributed by atoms with Crippen LogP contribution in [0.15, 0.2) is 127 Å². The number of ether oxygens (including phenoxy) is 8. The molecule has 6 atom stereocenters. The van der Waals surface area contributed by atoms with E-state index in [1.807, 2.05) is 109 Å². The SMILES string of the molecule is CN1CC(=O)N2[C@H](c3ccc4c(c3)OCO4)c3[nH]c4ccccc4c3C[C@@H]2C1=O.COC(=O)[C@H]1Cc2c([nH]c3ccccc23)[C@@H](c2ccc3c(c2)OCO3)N1.COC(=O)[C@H]1Cc2c([nH]c3ccccc23)[C@@H](c2ccc3c(c2)OCO3)N1C(=O)CCl.I.O=C(Cl)CCl.[V].[V]. The zero-order chi connectivity index (χ0) is 62.5. The first-order chi connectivity index (χ1) is 43.7. The van der Waals surface area contributed by atoms with Crippen LogP contribution in [-0.2, 0) is 94.6 Å². The monoisotopic (exact) mass is 1510 g/mol. The Balaban J connectivity index is 0.000000145. The van der Waals surface area contributed by atoms with Crippen LogP contribution in [0.1, 0.15) is 68.6 Å². The van der Waals surface area contributed by atoms with E-state index >= 15 is 0 Å². The van der Waals surface area contributed by atoms with Crippen molar-refractivity contribution in [2.75, 3.05) is 60.0 Å². The second-order valence-electron chi connectivity index (χ2n) is 22.1. The average molecular weight is 1510 g/mol. The van der Waals surface area contributed by atoms with Gasteiger partial charge < -0.3 is 67.5 Å². The van der Waals surface area contributed by atoms with Crippen molar-refractivity contribution in [1.29, 1.82) is 0 Å². The third kappa shape index (κ3) is 13.0. The van der Waals surface area contributed by atoms with E-state index in [-0.39, 0.29) is 136 Å². The van der Waals surface area contributed by atoms with Gasteiger partial charge in [-0.2, -0.15) is 0 Å².